The van der Waals surface area contributed by atoms with Crippen LogP contribution in [0.4, 0.5) is 10.6 Å². The number of hydrogen-bond acceptors (Lipinski definition) is 7. The normalized spacial score (nSPS) is 23.3. The summed E-state index contributed by atoms with van der Waals surface area (Å²) in [5.74, 6) is 2.43. The lowest BCUT2D eigenvalue weighted by Crippen LogP contribution is -2.50. The van der Waals surface area contributed by atoms with Gasteiger partial charge >= 0.3 is 6.03 Å². The molecule has 3 aromatic rings. The van der Waals surface area contributed by atoms with E-state index in [9.17, 15) is 14.7 Å². The molecule has 1 aromatic carbocycles. The number of nitrogens with zero attached hydrogens (tertiary/aromatic N) is 5. The summed E-state index contributed by atoms with van der Waals surface area (Å²) in [6.07, 6.45) is 7.04. The van der Waals surface area contributed by atoms with E-state index >= 15 is 0 Å². The predicted octanol–water partition coefficient (Wildman–Crippen LogP) is 3.94. The molecule has 2 aliphatic heterocycles. The van der Waals surface area contributed by atoms with Crippen LogP contribution in [0.5, 0.6) is 5.75 Å². The number of hydrogen-bond donors (Lipinski definition) is 2. The van der Waals surface area contributed by atoms with Crippen molar-refractivity contribution in [3.8, 4) is 17.3 Å². The molecule has 2 aromatic heterocycles. The summed E-state index contributed by atoms with van der Waals surface area (Å²) in [6, 6.07) is 11.6. The highest BCUT2D eigenvalue weighted by atomic mass is 16.5. The lowest BCUT2D eigenvalue weighted by Gasteiger charge is -2.29. The molecule has 6 rings (SSSR count). The average molecular weight is 545 g/mol. The number of fused-ring (bicyclic) bond motifs is 1. The van der Waals surface area contributed by atoms with Gasteiger partial charge in [-0.25, -0.2) is 14.8 Å². The molecular weight excluding hydrogens is 508 g/mol. The van der Waals surface area contributed by atoms with Crippen LogP contribution in [-0.4, -0.2) is 55.7 Å². The highest BCUT2D eigenvalue weighted by Gasteiger charge is 2.33. The van der Waals surface area contributed by atoms with E-state index in [0.29, 0.717) is 49.0 Å². The van der Waals surface area contributed by atoms with Crippen molar-refractivity contribution in [2.24, 2.45) is 13.0 Å². The molecule has 10 heteroatoms. The minimum absolute atomic E-state index is 0.0436. The maximum Gasteiger partial charge on any atom is 0.329 e. The van der Waals surface area contributed by atoms with Gasteiger partial charge in [-0.3, -0.25) is 19.9 Å². The van der Waals surface area contributed by atoms with Crippen molar-refractivity contribution in [2.45, 2.75) is 64.3 Å². The summed E-state index contributed by atoms with van der Waals surface area (Å²) in [4.78, 5) is 37.1. The molecule has 0 spiro atoms. The number of aliphatic hydroxyl groups is 1. The first-order valence-corrected chi connectivity index (χ1v) is 14.1. The minimum Gasteiger partial charge on any atom is -0.490 e. The number of aromatic nitrogens is 3. The van der Waals surface area contributed by atoms with E-state index in [2.05, 4.69) is 46.4 Å². The number of benzene rings is 1. The van der Waals surface area contributed by atoms with Crippen LogP contribution in [0.15, 0.2) is 42.6 Å². The van der Waals surface area contributed by atoms with Crippen molar-refractivity contribution in [1.82, 2.24) is 24.8 Å². The van der Waals surface area contributed by atoms with Crippen LogP contribution in [-0.2, 0) is 24.9 Å². The summed E-state index contributed by atoms with van der Waals surface area (Å²) in [5.41, 5.74) is 3.75. The maximum absolute atomic E-state index is 12.3. The Balaban J connectivity index is 1.16. The average Bonchev–Trinajstić information content (AvgIpc) is 3.50. The van der Waals surface area contributed by atoms with Crippen LogP contribution in [0, 0.1) is 5.92 Å². The maximum atomic E-state index is 12.3. The Morgan fingerprint density at radius 3 is 2.65 bits per heavy atom. The van der Waals surface area contributed by atoms with Crippen LogP contribution in [0.1, 0.15) is 61.9 Å². The molecule has 3 atom stereocenters. The Bertz CT molecular complexity index is 1400. The number of nitrogens with one attached hydrogen (secondary N) is 1. The number of pyridine rings is 1. The van der Waals surface area contributed by atoms with Gasteiger partial charge in [-0.2, -0.15) is 0 Å². The molecule has 10 nitrogen and oxygen atoms in total. The third kappa shape index (κ3) is 5.09. The third-order valence-corrected chi connectivity index (χ3v) is 8.47. The van der Waals surface area contributed by atoms with Crippen LogP contribution in [0.2, 0.25) is 0 Å². The lowest BCUT2D eigenvalue weighted by molar-refractivity contribution is -0.120. The molecule has 1 aliphatic carbocycles. The molecule has 40 heavy (non-hydrogen) atoms. The van der Waals surface area contributed by atoms with Gasteiger partial charge in [0, 0.05) is 33.1 Å². The fourth-order valence-corrected chi connectivity index (χ4v) is 6.13. The molecule has 2 fully saturated rings. The zero-order chi connectivity index (χ0) is 27.8. The number of imide groups is 1. The quantitative estimate of drug-likeness (QED) is 0.463. The lowest BCUT2D eigenvalue weighted by atomic mass is 9.88. The summed E-state index contributed by atoms with van der Waals surface area (Å²) in [7, 11) is 1.83. The van der Waals surface area contributed by atoms with E-state index < -0.39 is 6.03 Å². The van der Waals surface area contributed by atoms with Crippen LogP contribution < -0.4 is 15.0 Å². The van der Waals surface area contributed by atoms with Crippen molar-refractivity contribution in [3.63, 3.8) is 0 Å². The first-order chi connectivity index (χ1) is 19.4. The number of rotatable bonds is 7. The number of amides is 3. The number of anilines is 1. The predicted molar refractivity (Wildman–Crippen MR) is 150 cm³/mol. The smallest absolute Gasteiger partial charge is 0.329 e. The molecule has 0 bridgehead atoms. The number of imidazole rings is 1. The number of aliphatic hydroxyl groups excluding tert-OH is 1. The van der Waals surface area contributed by atoms with Gasteiger partial charge < -0.3 is 14.4 Å². The largest absolute Gasteiger partial charge is 0.490 e. The van der Waals surface area contributed by atoms with E-state index in [4.69, 9.17) is 9.72 Å². The molecule has 210 valence electrons. The van der Waals surface area contributed by atoms with Gasteiger partial charge in [-0.1, -0.05) is 31.5 Å². The van der Waals surface area contributed by atoms with Gasteiger partial charge in [0.05, 0.1) is 24.5 Å². The summed E-state index contributed by atoms with van der Waals surface area (Å²) < 4.78 is 8.10. The Morgan fingerprint density at radius 2 is 1.90 bits per heavy atom. The minimum atomic E-state index is -0.452. The van der Waals surface area contributed by atoms with E-state index in [0.717, 1.165) is 29.0 Å². The second-order valence-corrected chi connectivity index (χ2v) is 11.2. The molecule has 0 unspecified atom stereocenters. The van der Waals surface area contributed by atoms with E-state index in [-0.39, 0.29) is 25.0 Å². The number of carbonyl (C=O) groups is 2. The van der Waals surface area contributed by atoms with Crippen molar-refractivity contribution < 1.29 is 19.4 Å². The van der Waals surface area contributed by atoms with Crippen molar-refractivity contribution in [2.75, 3.05) is 18.1 Å². The van der Waals surface area contributed by atoms with Gasteiger partial charge in [-0.15, -0.1) is 0 Å². The molecule has 1 saturated carbocycles. The van der Waals surface area contributed by atoms with Crippen molar-refractivity contribution in [3.05, 3.63) is 59.4 Å². The topological polar surface area (TPSA) is 113 Å². The Kier molecular flexibility index (Phi) is 7.29. The van der Waals surface area contributed by atoms with Gasteiger partial charge in [0.25, 0.3) is 0 Å². The Morgan fingerprint density at radius 1 is 1.10 bits per heavy atom. The second-order valence-electron chi connectivity index (χ2n) is 11.2. The molecular formula is C30H36N6O4. The molecule has 3 aliphatic rings. The SMILES string of the molecule is C[C@H]1CCCC[C@@H]1Oc1ccc(CN2Cc3ccc(-c4ncc(N5CCC(=O)NC5=O)n4C)nc3[C@@H]2CO)cc1. The number of urea groups is 1. The van der Waals surface area contributed by atoms with Crippen LogP contribution in [0.25, 0.3) is 11.5 Å². The number of carbonyl (C=O) groups excluding carboxylic acids is 2. The molecule has 4 heterocycles. The second kappa shape index (κ2) is 11.0. The summed E-state index contributed by atoms with van der Waals surface area (Å²) in [6.45, 7) is 3.92. The van der Waals surface area contributed by atoms with E-state index in [1.165, 1.54) is 24.2 Å². The van der Waals surface area contributed by atoms with Crippen molar-refractivity contribution >= 4 is 17.8 Å². The van der Waals surface area contributed by atoms with Gasteiger partial charge in [0.1, 0.15) is 23.4 Å². The standard InChI is InChI=1S/C30H36N6O4/c1-19-5-3-4-6-25(19)40-22-10-7-20(8-11-22)16-35-17-21-9-12-23(32-28(21)24(35)18-37)29-31-15-27(34(29)2)36-14-13-26(38)33-30(36)39/h7-12,15,19,24-25,37H,3-6,13-14,16-18H2,1-2H3,(H,33,38,39)/t19-,24-,25-/m0/s1. The zero-order valence-electron chi connectivity index (χ0n) is 23.0. The molecule has 1 saturated heterocycles. The van der Waals surface area contributed by atoms with E-state index in [1.807, 2.05) is 23.7 Å². The number of ether oxygens (including phenoxy) is 1. The zero-order valence-corrected chi connectivity index (χ0v) is 23.0. The monoisotopic (exact) mass is 544 g/mol. The van der Waals surface area contributed by atoms with Gasteiger partial charge in [0.15, 0.2) is 5.82 Å². The Labute approximate surface area is 234 Å². The van der Waals surface area contributed by atoms with Crippen molar-refractivity contribution in [1.29, 1.82) is 0 Å². The molecule has 3 amide bonds. The first-order valence-electron chi connectivity index (χ1n) is 14.1. The summed E-state index contributed by atoms with van der Waals surface area (Å²) >= 11 is 0. The fraction of sp³-hybridized carbons (Fsp3) is 0.467. The molecule has 2 N–H and O–H groups in total. The highest BCUT2D eigenvalue weighted by Crippen LogP contribution is 2.36. The summed E-state index contributed by atoms with van der Waals surface area (Å²) in [5, 5.41) is 12.7. The third-order valence-electron chi connectivity index (χ3n) is 8.47. The van der Waals surface area contributed by atoms with Crippen LogP contribution >= 0.6 is 0 Å². The van der Waals surface area contributed by atoms with Gasteiger partial charge in [-0.05, 0) is 54.5 Å². The van der Waals surface area contributed by atoms with Gasteiger partial charge in [0.2, 0.25) is 5.91 Å². The van der Waals surface area contributed by atoms with Crippen LogP contribution in [0.3, 0.4) is 0 Å². The molecule has 0 radical (unpaired) electrons. The first kappa shape index (κ1) is 26.5. The fourth-order valence-electron chi connectivity index (χ4n) is 6.13. The van der Waals surface area contributed by atoms with E-state index in [1.54, 1.807) is 6.20 Å². The highest BCUT2D eigenvalue weighted by molar-refractivity contribution is 6.05. The Hall–Kier alpha value is -3.76.